The molecule has 0 radical (unpaired) electrons. The lowest BCUT2D eigenvalue weighted by Gasteiger charge is -2.37. The van der Waals surface area contributed by atoms with Crippen molar-refractivity contribution in [2.75, 3.05) is 13.2 Å². The second-order valence-corrected chi connectivity index (χ2v) is 14.3. The van der Waals surface area contributed by atoms with Crippen molar-refractivity contribution in [2.24, 2.45) is 11.8 Å². The SMILES string of the molecule is CC1(C)OC[C@H]([C@H]2OC(=O)C3=C[C@H](CO[Si](C)(C)C(C)(C)C)C=C[C@@H]32)O1. The molecular formula is C20H32O5Si. The Bertz CT molecular complexity index is 629. The summed E-state index contributed by atoms with van der Waals surface area (Å²) in [7, 11) is -1.81. The van der Waals surface area contributed by atoms with E-state index in [9.17, 15) is 4.79 Å². The van der Waals surface area contributed by atoms with Crippen LogP contribution in [0.4, 0.5) is 0 Å². The van der Waals surface area contributed by atoms with E-state index in [4.69, 9.17) is 18.6 Å². The predicted molar refractivity (Wildman–Crippen MR) is 102 cm³/mol. The summed E-state index contributed by atoms with van der Waals surface area (Å²) >= 11 is 0. The van der Waals surface area contributed by atoms with Crippen molar-refractivity contribution in [3.63, 3.8) is 0 Å². The van der Waals surface area contributed by atoms with Gasteiger partial charge in [-0.3, -0.25) is 0 Å². The quantitative estimate of drug-likeness (QED) is 0.422. The molecule has 0 aromatic carbocycles. The van der Waals surface area contributed by atoms with Crippen LogP contribution in [0.1, 0.15) is 34.6 Å². The second kappa shape index (κ2) is 6.58. The molecule has 1 aliphatic carbocycles. The van der Waals surface area contributed by atoms with E-state index in [0.29, 0.717) is 13.2 Å². The van der Waals surface area contributed by atoms with Crippen LogP contribution in [0, 0.1) is 11.8 Å². The fourth-order valence-corrected chi connectivity index (χ4v) is 4.37. The number of ether oxygens (including phenoxy) is 3. The molecule has 0 N–H and O–H groups in total. The van der Waals surface area contributed by atoms with Gasteiger partial charge >= 0.3 is 5.97 Å². The van der Waals surface area contributed by atoms with Gasteiger partial charge in [0.25, 0.3) is 0 Å². The molecule has 4 atom stereocenters. The lowest BCUT2D eigenvalue weighted by Crippen LogP contribution is -2.42. The van der Waals surface area contributed by atoms with Gasteiger partial charge in [-0.2, -0.15) is 0 Å². The normalized spacial score (nSPS) is 33.8. The van der Waals surface area contributed by atoms with Crippen LogP contribution in [0.3, 0.4) is 0 Å². The lowest BCUT2D eigenvalue weighted by atomic mass is 9.85. The summed E-state index contributed by atoms with van der Waals surface area (Å²) in [6.07, 6.45) is 5.70. The number of cyclic esters (lactones) is 1. The molecular weight excluding hydrogens is 348 g/mol. The highest BCUT2D eigenvalue weighted by atomic mass is 28.4. The minimum atomic E-state index is -1.81. The fourth-order valence-electron chi connectivity index (χ4n) is 3.33. The third-order valence-electron chi connectivity index (χ3n) is 5.99. The number of esters is 1. The number of fused-ring (bicyclic) bond motifs is 1. The molecule has 0 aromatic rings. The van der Waals surface area contributed by atoms with Crippen molar-refractivity contribution in [1.82, 2.24) is 0 Å². The van der Waals surface area contributed by atoms with Gasteiger partial charge in [0.15, 0.2) is 14.1 Å². The van der Waals surface area contributed by atoms with Gasteiger partial charge in [-0.05, 0) is 32.0 Å². The summed E-state index contributed by atoms with van der Waals surface area (Å²) in [5.74, 6) is -0.815. The van der Waals surface area contributed by atoms with Gasteiger partial charge < -0.3 is 18.6 Å². The molecule has 2 saturated heterocycles. The van der Waals surface area contributed by atoms with Gasteiger partial charge in [-0.25, -0.2) is 4.79 Å². The number of hydrogen-bond donors (Lipinski definition) is 0. The molecule has 0 bridgehead atoms. The summed E-state index contributed by atoms with van der Waals surface area (Å²) < 4.78 is 23.5. The van der Waals surface area contributed by atoms with E-state index < -0.39 is 14.1 Å². The Morgan fingerprint density at radius 3 is 2.54 bits per heavy atom. The van der Waals surface area contributed by atoms with Gasteiger partial charge in [-0.15, -0.1) is 0 Å². The molecule has 2 fully saturated rings. The second-order valence-electron chi connectivity index (χ2n) is 9.50. The highest BCUT2D eigenvalue weighted by molar-refractivity contribution is 6.74. The number of rotatable bonds is 4. The first-order valence-corrected chi connectivity index (χ1v) is 12.4. The summed E-state index contributed by atoms with van der Waals surface area (Å²) in [5.41, 5.74) is 0.731. The minimum Gasteiger partial charge on any atom is -0.455 e. The Kier molecular flexibility index (Phi) is 5.01. The smallest absolute Gasteiger partial charge is 0.334 e. The Morgan fingerprint density at radius 2 is 1.96 bits per heavy atom. The van der Waals surface area contributed by atoms with Gasteiger partial charge in [0, 0.05) is 24.0 Å². The molecule has 2 heterocycles. The molecule has 0 amide bonds. The van der Waals surface area contributed by atoms with Crippen LogP contribution in [0.5, 0.6) is 0 Å². The topological polar surface area (TPSA) is 54.0 Å². The van der Waals surface area contributed by atoms with Gasteiger partial charge in [0.2, 0.25) is 0 Å². The Balaban J connectivity index is 1.66. The van der Waals surface area contributed by atoms with E-state index in [2.05, 4.69) is 46.0 Å². The Labute approximate surface area is 157 Å². The lowest BCUT2D eigenvalue weighted by molar-refractivity contribution is -0.162. The first kappa shape index (κ1) is 19.8. The summed E-state index contributed by atoms with van der Waals surface area (Å²) in [6.45, 7) is 16.0. The standard InChI is InChI=1S/C20H32O5Si/c1-19(2,3)26(6,7)23-11-13-8-9-14-15(10-13)18(21)24-17(14)16-12-22-20(4,5)25-16/h8-10,13-14,16-17H,11-12H2,1-7H3/t13-,14+,16-,17+/m1/s1. The maximum absolute atomic E-state index is 12.4. The molecule has 0 unspecified atom stereocenters. The zero-order valence-corrected chi connectivity index (χ0v) is 18.0. The van der Waals surface area contributed by atoms with Crippen LogP contribution < -0.4 is 0 Å². The fraction of sp³-hybridized carbons (Fsp3) is 0.750. The Hall–Kier alpha value is -0.953. The van der Waals surface area contributed by atoms with Crippen molar-refractivity contribution in [3.8, 4) is 0 Å². The third-order valence-corrected chi connectivity index (χ3v) is 10.5. The van der Waals surface area contributed by atoms with Crippen LogP contribution in [0.25, 0.3) is 0 Å². The molecule has 3 rings (SSSR count). The van der Waals surface area contributed by atoms with Crippen LogP contribution in [0.15, 0.2) is 23.8 Å². The molecule has 3 aliphatic rings. The largest absolute Gasteiger partial charge is 0.455 e. The molecule has 0 aromatic heterocycles. The first-order valence-electron chi connectivity index (χ1n) is 9.46. The van der Waals surface area contributed by atoms with Crippen LogP contribution in [0.2, 0.25) is 18.1 Å². The zero-order chi connectivity index (χ0) is 19.3. The maximum atomic E-state index is 12.4. The molecule has 0 saturated carbocycles. The van der Waals surface area contributed by atoms with Crippen molar-refractivity contribution < 1.29 is 23.4 Å². The van der Waals surface area contributed by atoms with Crippen molar-refractivity contribution in [3.05, 3.63) is 23.8 Å². The molecule has 146 valence electrons. The monoisotopic (exact) mass is 380 g/mol. The number of carbonyl (C=O) groups excluding carboxylic acids is 1. The van der Waals surface area contributed by atoms with Crippen molar-refractivity contribution in [1.29, 1.82) is 0 Å². The number of hydrogen-bond acceptors (Lipinski definition) is 5. The number of carbonyl (C=O) groups is 1. The van der Waals surface area contributed by atoms with Crippen LogP contribution in [-0.4, -0.2) is 45.5 Å². The van der Waals surface area contributed by atoms with Gasteiger partial charge in [-0.1, -0.05) is 39.0 Å². The predicted octanol–water partition coefficient (Wildman–Crippen LogP) is 3.81. The van der Waals surface area contributed by atoms with E-state index in [1.807, 2.05) is 19.9 Å². The molecule has 2 aliphatic heterocycles. The minimum absolute atomic E-state index is 0.0610. The Morgan fingerprint density at radius 1 is 1.27 bits per heavy atom. The average Bonchev–Trinajstić information content (AvgIpc) is 3.04. The molecule has 26 heavy (non-hydrogen) atoms. The molecule has 0 spiro atoms. The van der Waals surface area contributed by atoms with Crippen LogP contribution >= 0.6 is 0 Å². The van der Waals surface area contributed by atoms with Gasteiger partial charge in [0.1, 0.15) is 12.2 Å². The van der Waals surface area contributed by atoms with E-state index >= 15 is 0 Å². The maximum Gasteiger partial charge on any atom is 0.334 e. The molecule has 5 nitrogen and oxygen atoms in total. The van der Waals surface area contributed by atoms with Crippen molar-refractivity contribution >= 4 is 14.3 Å². The van der Waals surface area contributed by atoms with E-state index in [-0.39, 0.29) is 35.1 Å². The van der Waals surface area contributed by atoms with E-state index in [0.717, 1.165) is 5.57 Å². The summed E-state index contributed by atoms with van der Waals surface area (Å²) in [4.78, 5) is 12.4. The van der Waals surface area contributed by atoms with Crippen LogP contribution in [-0.2, 0) is 23.4 Å². The van der Waals surface area contributed by atoms with Gasteiger partial charge in [0.05, 0.1) is 6.61 Å². The van der Waals surface area contributed by atoms with E-state index in [1.54, 1.807) is 0 Å². The highest BCUT2D eigenvalue weighted by Gasteiger charge is 2.49. The van der Waals surface area contributed by atoms with E-state index in [1.165, 1.54) is 0 Å². The highest BCUT2D eigenvalue weighted by Crippen LogP contribution is 2.40. The average molecular weight is 381 g/mol. The van der Waals surface area contributed by atoms with Crippen molar-refractivity contribution in [2.45, 2.75) is 70.7 Å². The summed E-state index contributed by atoms with van der Waals surface area (Å²) in [5, 5.41) is 0.172. The zero-order valence-electron chi connectivity index (χ0n) is 17.0. The third kappa shape index (κ3) is 3.83. The first-order chi connectivity index (χ1) is 11.9. The molecule has 6 heteroatoms. The summed E-state index contributed by atoms with van der Waals surface area (Å²) in [6, 6.07) is 0.